The van der Waals surface area contributed by atoms with Gasteiger partial charge in [0.2, 0.25) is 0 Å². The van der Waals surface area contributed by atoms with Gasteiger partial charge in [-0.25, -0.2) is 0 Å². The molecular weight excluding hydrogens is 203 g/mol. The van der Waals surface area contributed by atoms with Gasteiger partial charge < -0.3 is 4.90 Å². The highest BCUT2D eigenvalue weighted by atomic mass is 19.3. The fourth-order valence-corrected chi connectivity index (χ4v) is 1.78. The van der Waals surface area contributed by atoms with Crippen molar-refractivity contribution in [3.05, 3.63) is 47.4 Å². The van der Waals surface area contributed by atoms with Gasteiger partial charge in [0.15, 0.2) is 0 Å². The molecule has 1 aromatic rings. The van der Waals surface area contributed by atoms with Gasteiger partial charge in [-0.2, -0.15) is 13.2 Å². The highest BCUT2D eigenvalue weighted by Crippen LogP contribution is 2.24. The summed E-state index contributed by atoms with van der Waals surface area (Å²) in [4.78, 5) is 1.07. The van der Waals surface area contributed by atoms with Crippen molar-refractivity contribution < 1.29 is 13.2 Å². The summed E-state index contributed by atoms with van der Waals surface area (Å²) in [5.41, 5.74) is 2.03. The summed E-state index contributed by atoms with van der Waals surface area (Å²) < 4.78 is 37.1. The van der Waals surface area contributed by atoms with Gasteiger partial charge >= 0.3 is 6.08 Å². The minimum Gasteiger partial charge on any atom is -0.339 e. The van der Waals surface area contributed by atoms with E-state index >= 15 is 0 Å². The molecular formula is C11H10F3N. The van der Waals surface area contributed by atoms with E-state index in [1.165, 1.54) is 0 Å². The Balaban J connectivity index is 2.23. The molecule has 0 saturated carbocycles. The molecule has 80 valence electrons. The molecule has 1 aromatic carbocycles. The quantitative estimate of drug-likeness (QED) is 0.648. The van der Waals surface area contributed by atoms with Crippen LogP contribution in [0.4, 0.5) is 13.2 Å². The highest BCUT2D eigenvalue weighted by Gasteiger charge is 2.20. The standard InChI is InChI=1S/C11H10F3N/c12-10(13)11(14)15-6-5-8-3-1-2-4-9(8)7-15/h1-4H,5-7H2. The lowest BCUT2D eigenvalue weighted by atomic mass is 10.0. The van der Waals surface area contributed by atoms with Crippen LogP contribution in [0.5, 0.6) is 0 Å². The zero-order valence-corrected chi connectivity index (χ0v) is 8.01. The molecule has 0 bridgehead atoms. The molecule has 0 aliphatic carbocycles. The van der Waals surface area contributed by atoms with Gasteiger partial charge in [-0.15, -0.1) is 0 Å². The second-order valence-corrected chi connectivity index (χ2v) is 3.49. The first kappa shape index (κ1) is 10.1. The van der Waals surface area contributed by atoms with Gasteiger partial charge in [0.1, 0.15) is 0 Å². The maximum absolute atomic E-state index is 13.0. The van der Waals surface area contributed by atoms with Crippen LogP contribution in [0.15, 0.2) is 36.3 Å². The number of nitrogens with zero attached hydrogens (tertiary/aromatic N) is 1. The normalized spacial score (nSPS) is 14.7. The summed E-state index contributed by atoms with van der Waals surface area (Å²) >= 11 is 0. The van der Waals surface area contributed by atoms with Crippen molar-refractivity contribution in [3.8, 4) is 0 Å². The van der Waals surface area contributed by atoms with E-state index in [1.54, 1.807) is 0 Å². The maximum Gasteiger partial charge on any atom is 0.322 e. The SMILES string of the molecule is FC(F)=C(F)N1CCc2ccccc2C1. The molecule has 2 rings (SSSR count). The molecule has 1 heterocycles. The third kappa shape index (κ3) is 1.98. The van der Waals surface area contributed by atoms with E-state index in [0.717, 1.165) is 16.0 Å². The lowest BCUT2D eigenvalue weighted by molar-refractivity contribution is 0.214. The summed E-state index contributed by atoms with van der Waals surface area (Å²) in [7, 11) is 0. The van der Waals surface area contributed by atoms with E-state index in [2.05, 4.69) is 0 Å². The second kappa shape index (κ2) is 3.96. The Kier molecular flexibility index (Phi) is 2.66. The minimum absolute atomic E-state index is 0.222. The van der Waals surface area contributed by atoms with Crippen LogP contribution in [0.1, 0.15) is 11.1 Å². The smallest absolute Gasteiger partial charge is 0.322 e. The average Bonchev–Trinajstić information content (AvgIpc) is 2.27. The van der Waals surface area contributed by atoms with Crippen molar-refractivity contribution in [3.63, 3.8) is 0 Å². The Labute approximate surface area is 85.8 Å². The molecule has 15 heavy (non-hydrogen) atoms. The van der Waals surface area contributed by atoms with E-state index in [9.17, 15) is 13.2 Å². The zero-order valence-electron chi connectivity index (χ0n) is 8.01. The summed E-state index contributed by atoms with van der Waals surface area (Å²) in [6, 6.07) is 7.51. The molecule has 1 nitrogen and oxygen atoms in total. The van der Waals surface area contributed by atoms with E-state index in [1.807, 2.05) is 24.3 Å². The zero-order chi connectivity index (χ0) is 10.8. The monoisotopic (exact) mass is 213 g/mol. The van der Waals surface area contributed by atoms with Crippen LogP contribution in [0.2, 0.25) is 0 Å². The van der Waals surface area contributed by atoms with Gasteiger partial charge in [0, 0.05) is 13.1 Å². The van der Waals surface area contributed by atoms with Crippen molar-refractivity contribution in [2.75, 3.05) is 6.54 Å². The Hall–Kier alpha value is -1.45. The summed E-state index contributed by atoms with van der Waals surface area (Å²) in [5, 5.41) is 0. The second-order valence-electron chi connectivity index (χ2n) is 3.49. The van der Waals surface area contributed by atoms with Crippen molar-refractivity contribution in [1.82, 2.24) is 4.90 Å². The van der Waals surface area contributed by atoms with Crippen LogP contribution in [0, 0.1) is 0 Å². The van der Waals surface area contributed by atoms with E-state index in [-0.39, 0.29) is 6.54 Å². The number of rotatable bonds is 1. The number of benzene rings is 1. The fraction of sp³-hybridized carbons (Fsp3) is 0.273. The van der Waals surface area contributed by atoms with Gasteiger partial charge in [-0.1, -0.05) is 24.3 Å². The molecule has 0 spiro atoms. The first-order chi connectivity index (χ1) is 7.18. The summed E-state index contributed by atoms with van der Waals surface area (Å²) in [6.45, 7) is 0.527. The third-order valence-electron chi connectivity index (χ3n) is 2.56. The van der Waals surface area contributed by atoms with E-state index in [0.29, 0.717) is 13.0 Å². The molecule has 1 aliphatic rings. The van der Waals surface area contributed by atoms with Crippen LogP contribution in [-0.4, -0.2) is 11.4 Å². The molecule has 0 fully saturated rings. The molecule has 0 amide bonds. The van der Waals surface area contributed by atoms with Crippen molar-refractivity contribution >= 4 is 0 Å². The number of hydrogen-bond donors (Lipinski definition) is 0. The molecule has 4 heteroatoms. The fourth-order valence-electron chi connectivity index (χ4n) is 1.78. The molecule has 0 unspecified atom stereocenters. The Morgan fingerprint density at radius 3 is 2.40 bits per heavy atom. The van der Waals surface area contributed by atoms with Gasteiger partial charge in [-0.3, -0.25) is 0 Å². The van der Waals surface area contributed by atoms with E-state index < -0.39 is 12.0 Å². The average molecular weight is 213 g/mol. The van der Waals surface area contributed by atoms with Crippen LogP contribution in [0.25, 0.3) is 0 Å². The lowest BCUT2D eigenvalue weighted by Gasteiger charge is -2.28. The molecule has 0 radical (unpaired) electrons. The third-order valence-corrected chi connectivity index (χ3v) is 2.56. The molecule has 0 saturated heterocycles. The molecule has 1 aliphatic heterocycles. The number of halogens is 3. The molecule has 0 aromatic heterocycles. The lowest BCUT2D eigenvalue weighted by Crippen LogP contribution is -2.28. The first-order valence-electron chi connectivity index (χ1n) is 4.71. The van der Waals surface area contributed by atoms with Crippen molar-refractivity contribution in [1.29, 1.82) is 0 Å². The Bertz CT molecular complexity index is 397. The predicted octanol–water partition coefficient (Wildman–Crippen LogP) is 3.08. The van der Waals surface area contributed by atoms with Crippen LogP contribution >= 0.6 is 0 Å². The number of fused-ring (bicyclic) bond motifs is 1. The summed E-state index contributed by atoms with van der Waals surface area (Å²) in [5.74, 6) is -1.40. The highest BCUT2D eigenvalue weighted by molar-refractivity contribution is 5.29. The largest absolute Gasteiger partial charge is 0.339 e. The number of hydrogen-bond acceptors (Lipinski definition) is 1. The van der Waals surface area contributed by atoms with Crippen molar-refractivity contribution in [2.24, 2.45) is 0 Å². The van der Waals surface area contributed by atoms with Crippen LogP contribution in [-0.2, 0) is 13.0 Å². The Morgan fingerprint density at radius 1 is 1.07 bits per heavy atom. The maximum atomic E-state index is 13.0. The van der Waals surface area contributed by atoms with Crippen LogP contribution in [0.3, 0.4) is 0 Å². The van der Waals surface area contributed by atoms with Gasteiger partial charge in [0.05, 0.1) is 0 Å². The summed E-state index contributed by atoms with van der Waals surface area (Å²) in [6.07, 6.45) is -1.63. The molecule has 0 atom stereocenters. The predicted molar refractivity (Wildman–Crippen MR) is 50.9 cm³/mol. The topological polar surface area (TPSA) is 3.24 Å². The van der Waals surface area contributed by atoms with E-state index in [4.69, 9.17) is 0 Å². The minimum atomic E-state index is -2.24. The van der Waals surface area contributed by atoms with Crippen molar-refractivity contribution in [2.45, 2.75) is 13.0 Å². The van der Waals surface area contributed by atoms with Crippen LogP contribution < -0.4 is 0 Å². The Morgan fingerprint density at radius 2 is 1.73 bits per heavy atom. The van der Waals surface area contributed by atoms with Gasteiger partial charge in [-0.05, 0) is 17.5 Å². The molecule has 0 N–H and O–H groups in total. The first-order valence-corrected chi connectivity index (χ1v) is 4.71. The van der Waals surface area contributed by atoms with Gasteiger partial charge in [0.25, 0.3) is 5.95 Å².